The van der Waals surface area contributed by atoms with Crippen molar-refractivity contribution in [2.45, 2.75) is 33.2 Å². The van der Waals surface area contributed by atoms with E-state index < -0.39 is 0 Å². The van der Waals surface area contributed by atoms with Gasteiger partial charge in [0, 0.05) is 23.8 Å². The van der Waals surface area contributed by atoms with Crippen molar-refractivity contribution in [1.82, 2.24) is 4.90 Å². The molecule has 0 amide bonds. The lowest BCUT2D eigenvalue weighted by atomic mass is 10.0. The Hall–Kier alpha value is -2.13. The lowest BCUT2D eigenvalue weighted by molar-refractivity contribution is -0.119. The molecule has 0 N–H and O–H groups in total. The molecule has 1 atom stereocenters. The first-order valence-electron chi connectivity index (χ1n) is 8.83. The van der Waals surface area contributed by atoms with Gasteiger partial charge in [0.25, 0.3) is 0 Å². The largest absolute Gasteiger partial charge is 0.370 e. The zero-order chi connectivity index (χ0) is 19.1. The fourth-order valence-electron chi connectivity index (χ4n) is 3.05. The summed E-state index contributed by atoms with van der Waals surface area (Å²) in [5.74, 6) is 0.0219. The summed E-state index contributed by atoms with van der Waals surface area (Å²) in [7, 11) is 0. The van der Waals surface area contributed by atoms with Crippen LogP contribution in [0.3, 0.4) is 0 Å². The minimum absolute atomic E-state index is 0.0451. The van der Waals surface area contributed by atoms with E-state index in [1.807, 2.05) is 25.1 Å². The number of hydrogen-bond acceptors (Lipinski definition) is 2. The first-order valence-corrected chi connectivity index (χ1v) is 9.21. The van der Waals surface area contributed by atoms with Crippen LogP contribution in [-0.2, 0) is 17.8 Å². The van der Waals surface area contributed by atoms with E-state index >= 15 is 0 Å². The predicted octanol–water partition coefficient (Wildman–Crippen LogP) is 5.65. The summed E-state index contributed by atoms with van der Waals surface area (Å²) in [5.41, 5.74) is 3.19. The molecule has 1 aliphatic rings. The molecule has 3 rings (SSSR count). The Morgan fingerprint density at radius 2 is 1.92 bits per heavy atom. The number of allylic oxidation sites excluding steroid dienone is 1. The van der Waals surface area contributed by atoms with Crippen LogP contribution in [-0.4, -0.2) is 17.2 Å². The molecule has 4 heteroatoms. The number of aryl methyl sites for hydroxylation is 1. The Morgan fingerprint density at radius 1 is 1.23 bits per heavy atom. The molecule has 2 nitrogen and oxygen atoms in total. The van der Waals surface area contributed by atoms with E-state index in [2.05, 4.69) is 23.6 Å². The number of hydrogen-bond donors (Lipinski definition) is 0. The highest BCUT2D eigenvalue weighted by molar-refractivity contribution is 6.30. The summed E-state index contributed by atoms with van der Waals surface area (Å²) in [6.07, 6.45) is 1.73. The van der Waals surface area contributed by atoms with Gasteiger partial charge in [0.2, 0.25) is 0 Å². The monoisotopic (exact) mass is 373 g/mol. The third-order valence-corrected chi connectivity index (χ3v) is 4.75. The summed E-state index contributed by atoms with van der Waals surface area (Å²) < 4.78 is 12.5. The van der Waals surface area contributed by atoms with Crippen molar-refractivity contribution >= 4 is 17.4 Å². The van der Waals surface area contributed by atoms with Crippen molar-refractivity contribution in [2.24, 2.45) is 5.92 Å². The van der Waals surface area contributed by atoms with Crippen LogP contribution in [0, 0.1) is 11.7 Å². The summed E-state index contributed by atoms with van der Waals surface area (Å²) >= 11 is 5.59. The van der Waals surface area contributed by atoms with Gasteiger partial charge in [-0.15, -0.1) is 0 Å². The molecule has 0 radical (unpaired) electrons. The molecule has 2 aromatic rings. The number of ketones is 1. The molecule has 0 saturated carbocycles. The van der Waals surface area contributed by atoms with Crippen LogP contribution in [0.25, 0.3) is 0 Å². The number of rotatable bonds is 4. The maximum Gasteiger partial charge on any atom is 0.138 e. The van der Waals surface area contributed by atoms with E-state index in [1.165, 1.54) is 17.7 Å². The van der Waals surface area contributed by atoms with Crippen LogP contribution in [0.4, 0.5) is 4.39 Å². The second-order valence-corrected chi connectivity index (χ2v) is 6.92. The van der Waals surface area contributed by atoms with E-state index in [9.17, 15) is 9.18 Å². The normalized spacial score (nSPS) is 16.2. The molecule has 1 saturated heterocycles. The summed E-state index contributed by atoms with van der Waals surface area (Å²) in [5, 5.41) is 0.469. The highest BCUT2D eigenvalue weighted by atomic mass is 35.5. The van der Waals surface area contributed by atoms with Crippen LogP contribution in [0.1, 0.15) is 31.4 Å². The molecule has 0 spiro atoms. The highest BCUT2D eigenvalue weighted by Gasteiger charge is 2.29. The number of halogens is 2. The van der Waals surface area contributed by atoms with E-state index in [0.29, 0.717) is 5.02 Å². The lowest BCUT2D eigenvalue weighted by Gasteiger charge is -2.20. The molecule has 1 aliphatic heterocycles. The summed E-state index contributed by atoms with van der Waals surface area (Å²) in [6, 6.07) is 14.9. The Bertz CT molecular complexity index is 740. The van der Waals surface area contributed by atoms with Crippen LogP contribution in [0.2, 0.25) is 5.02 Å². The van der Waals surface area contributed by atoms with E-state index in [1.54, 1.807) is 13.0 Å². The van der Waals surface area contributed by atoms with Crippen molar-refractivity contribution in [2.75, 3.05) is 6.54 Å². The van der Waals surface area contributed by atoms with Crippen LogP contribution < -0.4 is 0 Å². The molecule has 0 aliphatic carbocycles. The van der Waals surface area contributed by atoms with Gasteiger partial charge in [0.05, 0.1) is 5.92 Å². The van der Waals surface area contributed by atoms with Gasteiger partial charge in [0.1, 0.15) is 11.6 Å². The highest BCUT2D eigenvalue weighted by Crippen LogP contribution is 2.28. The fraction of sp³-hybridized carbons (Fsp3) is 0.318. The number of Topliss-reactive ketones (excluding diaryl/α,β-unsaturated/α-hetero) is 1. The van der Waals surface area contributed by atoms with Crippen molar-refractivity contribution in [1.29, 1.82) is 0 Å². The molecule has 26 heavy (non-hydrogen) atoms. The van der Waals surface area contributed by atoms with Gasteiger partial charge in [-0.1, -0.05) is 55.4 Å². The van der Waals surface area contributed by atoms with E-state index in [0.717, 1.165) is 37.2 Å². The van der Waals surface area contributed by atoms with Gasteiger partial charge in [-0.05, 0) is 49.1 Å². The Kier molecular flexibility index (Phi) is 7.40. The van der Waals surface area contributed by atoms with Gasteiger partial charge < -0.3 is 4.90 Å². The molecular formula is C22H25ClFNO. The Balaban J connectivity index is 0.000000209. The van der Waals surface area contributed by atoms with Gasteiger partial charge in [0.15, 0.2) is 0 Å². The SMILES string of the molecule is C=C1C(C(C)=O)CCN1Cc1ccccc1.CCc1cc(F)cc(Cl)c1. The number of carbonyl (C=O) groups is 1. The molecule has 0 aromatic heterocycles. The Labute approximate surface area is 160 Å². The third kappa shape index (κ3) is 5.70. The zero-order valence-corrected chi connectivity index (χ0v) is 16.1. The lowest BCUT2D eigenvalue weighted by Crippen LogP contribution is -2.19. The molecular weight excluding hydrogens is 349 g/mol. The molecule has 1 heterocycles. The zero-order valence-electron chi connectivity index (χ0n) is 15.3. The maximum absolute atomic E-state index is 12.5. The second kappa shape index (κ2) is 9.54. The van der Waals surface area contributed by atoms with Gasteiger partial charge in [-0.25, -0.2) is 4.39 Å². The first kappa shape index (κ1) is 20.2. The minimum Gasteiger partial charge on any atom is -0.370 e. The summed E-state index contributed by atoms with van der Waals surface area (Å²) in [6.45, 7) is 9.46. The molecule has 2 aromatic carbocycles. The molecule has 0 bridgehead atoms. The van der Waals surface area contributed by atoms with Gasteiger partial charge in [-0.2, -0.15) is 0 Å². The molecule has 138 valence electrons. The van der Waals surface area contributed by atoms with Crippen molar-refractivity contribution in [3.05, 3.63) is 82.8 Å². The Morgan fingerprint density at radius 3 is 2.46 bits per heavy atom. The molecule has 1 unspecified atom stereocenters. The van der Waals surface area contributed by atoms with Crippen molar-refractivity contribution in [3.8, 4) is 0 Å². The third-order valence-electron chi connectivity index (χ3n) is 4.53. The average molecular weight is 374 g/mol. The number of carbonyl (C=O) groups excluding carboxylic acids is 1. The van der Waals surface area contributed by atoms with Crippen LogP contribution in [0.15, 0.2) is 60.8 Å². The standard InChI is InChI=1S/C14H17NO.C8H8ClF/c1-11-14(12(2)16)8-9-15(11)10-13-6-4-3-5-7-13;1-2-6-3-7(9)5-8(10)4-6/h3-7,14H,1,8-10H2,2H3;3-5H,2H2,1H3. The summed E-state index contributed by atoms with van der Waals surface area (Å²) in [4.78, 5) is 13.6. The predicted molar refractivity (Wildman–Crippen MR) is 106 cm³/mol. The first-order chi connectivity index (χ1) is 12.4. The fourth-order valence-corrected chi connectivity index (χ4v) is 3.30. The number of benzene rings is 2. The van der Waals surface area contributed by atoms with E-state index in [-0.39, 0.29) is 17.5 Å². The van der Waals surface area contributed by atoms with E-state index in [4.69, 9.17) is 11.6 Å². The quantitative estimate of drug-likeness (QED) is 0.689. The van der Waals surface area contributed by atoms with Crippen LogP contribution in [0.5, 0.6) is 0 Å². The number of likely N-dealkylation sites (tertiary alicyclic amines) is 1. The smallest absolute Gasteiger partial charge is 0.138 e. The minimum atomic E-state index is -0.260. The number of nitrogens with zero attached hydrogens (tertiary/aromatic N) is 1. The maximum atomic E-state index is 12.5. The average Bonchev–Trinajstić information content (AvgIpc) is 2.96. The van der Waals surface area contributed by atoms with Crippen molar-refractivity contribution in [3.63, 3.8) is 0 Å². The molecule has 1 fully saturated rings. The van der Waals surface area contributed by atoms with Gasteiger partial charge in [-0.3, -0.25) is 4.79 Å². The van der Waals surface area contributed by atoms with Gasteiger partial charge >= 0.3 is 0 Å². The van der Waals surface area contributed by atoms with Crippen molar-refractivity contribution < 1.29 is 9.18 Å². The van der Waals surface area contributed by atoms with Crippen LogP contribution >= 0.6 is 11.6 Å². The second-order valence-electron chi connectivity index (χ2n) is 6.48. The topological polar surface area (TPSA) is 20.3 Å².